The lowest BCUT2D eigenvalue weighted by Crippen LogP contribution is -2.11. The van der Waals surface area contributed by atoms with E-state index in [4.69, 9.17) is 14.5 Å². The molecule has 0 amide bonds. The highest BCUT2D eigenvalue weighted by molar-refractivity contribution is 9.10. The molecule has 0 saturated carbocycles. The molecule has 6 heteroatoms. The van der Waals surface area contributed by atoms with Crippen molar-refractivity contribution in [1.82, 2.24) is 9.97 Å². The number of aryl methyl sites for hydroxylation is 1. The second-order valence-corrected chi connectivity index (χ2v) is 7.20. The first-order valence-corrected chi connectivity index (χ1v) is 9.15. The lowest BCUT2D eigenvalue weighted by molar-refractivity contribution is 0.280. The number of benzene rings is 2. The Labute approximate surface area is 171 Å². The Morgan fingerprint density at radius 1 is 1.11 bits per heavy atom. The van der Waals surface area contributed by atoms with Crippen LogP contribution < -0.4 is 9.47 Å². The molecule has 0 radical (unpaired) electrons. The van der Waals surface area contributed by atoms with Crippen LogP contribution in [0.5, 0.6) is 11.5 Å². The third-order valence-corrected chi connectivity index (χ3v) is 5.65. The largest absolute Gasteiger partial charge is 0.493 e. The van der Waals surface area contributed by atoms with Crippen LogP contribution in [0.4, 0.5) is 0 Å². The summed E-state index contributed by atoms with van der Waals surface area (Å²) in [6.45, 7) is 2.61. The molecule has 0 unspecified atom stereocenters. The fourth-order valence-electron chi connectivity index (χ4n) is 3.72. The summed E-state index contributed by atoms with van der Waals surface area (Å²) in [4.78, 5) is 9.56. The first kappa shape index (κ1) is 18.0. The average Bonchev–Trinajstić information content (AvgIpc) is 2.67. The third kappa shape index (κ3) is 2.57. The number of para-hydroxylation sites is 1. The molecule has 0 fully saturated rings. The summed E-state index contributed by atoms with van der Waals surface area (Å²) < 4.78 is 12.5. The van der Waals surface area contributed by atoms with Gasteiger partial charge in [-0.15, -0.1) is 12.4 Å². The van der Waals surface area contributed by atoms with Crippen LogP contribution in [0.15, 0.2) is 47.1 Å². The standard InChI is InChI=1S/C21H15BrN2O2.ClH/c1-11-13-10-26-21-17(25-2)8-7-14(22)19(21)20(13)24-16-9-23-15-6-4-3-5-12(15)18(11)16;/h3-9H,10H2,1-2H3;1H. The Morgan fingerprint density at radius 3 is 2.74 bits per heavy atom. The van der Waals surface area contributed by atoms with E-state index in [-0.39, 0.29) is 12.4 Å². The highest BCUT2D eigenvalue weighted by Gasteiger charge is 2.27. The molecule has 5 rings (SSSR count). The summed E-state index contributed by atoms with van der Waals surface area (Å²) in [5, 5.41) is 2.26. The van der Waals surface area contributed by atoms with E-state index >= 15 is 0 Å². The monoisotopic (exact) mass is 442 g/mol. The van der Waals surface area contributed by atoms with Gasteiger partial charge in [-0.3, -0.25) is 4.98 Å². The predicted molar refractivity (Wildman–Crippen MR) is 113 cm³/mol. The fraction of sp³-hybridized carbons (Fsp3) is 0.143. The number of hydrogen-bond acceptors (Lipinski definition) is 4. The first-order chi connectivity index (χ1) is 12.7. The maximum Gasteiger partial charge on any atom is 0.172 e. The van der Waals surface area contributed by atoms with Gasteiger partial charge >= 0.3 is 0 Å². The van der Waals surface area contributed by atoms with Gasteiger partial charge in [0.15, 0.2) is 11.5 Å². The zero-order valence-corrected chi connectivity index (χ0v) is 17.1. The minimum absolute atomic E-state index is 0. The fourth-order valence-corrected chi connectivity index (χ4v) is 4.22. The summed E-state index contributed by atoms with van der Waals surface area (Å²) >= 11 is 3.65. The summed E-state index contributed by atoms with van der Waals surface area (Å²) in [5.41, 5.74) is 6.02. The van der Waals surface area contributed by atoms with E-state index in [9.17, 15) is 0 Å². The number of rotatable bonds is 1. The van der Waals surface area contributed by atoms with Crippen LogP contribution in [0, 0.1) is 6.92 Å². The Morgan fingerprint density at radius 2 is 1.93 bits per heavy atom. The minimum Gasteiger partial charge on any atom is -0.493 e. The van der Waals surface area contributed by atoms with Gasteiger partial charge in [-0.1, -0.05) is 18.2 Å². The van der Waals surface area contributed by atoms with E-state index < -0.39 is 0 Å². The minimum atomic E-state index is 0. The zero-order chi connectivity index (χ0) is 17.8. The van der Waals surface area contributed by atoms with Crippen molar-refractivity contribution in [3.8, 4) is 22.8 Å². The average molecular weight is 444 g/mol. The number of ether oxygens (including phenoxy) is 2. The van der Waals surface area contributed by atoms with E-state index in [0.29, 0.717) is 12.4 Å². The second-order valence-electron chi connectivity index (χ2n) is 6.34. The molecule has 2 aromatic carbocycles. The van der Waals surface area contributed by atoms with Gasteiger partial charge in [-0.05, 0) is 46.6 Å². The van der Waals surface area contributed by atoms with E-state index in [1.165, 1.54) is 5.56 Å². The molecular weight excluding hydrogens is 428 g/mol. The quantitative estimate of drug-likeness (QED) is 0.346. The zero-order valence-electron chi connectivity index (χ0n) is 14.7. The number of pyridine rings is 2. The number of fused-ring (bicyclic) bond motifs is 6. The van der Waals surface area contributed by atoms with Gasteiger partial charge in [-0.25, -0.2) is 4.98 Å². The predicted octanol–water partition coefficient (Wildman–Crippen LogP) is 5.84. The molecule has 4 nitrogen and oxygen atoms in total. The van der Waals surface area contributed by atoms with Crippen molar-refractivity contribution in [3.63, 3.8) is 0 Å². The maximum atomic E-state index is 6.08. The number of nitrogens with zero attached hydrogens (tertiary/aromatic N) is 2. The molecule has 0 saturated heterocycles. The molecule has 1 aliphatic heterocycles. The molecule has 0 N–H and O–H groups in total. The number of halogens is 2. The molecule has 4 aromatic rings. The molecule has 27 heavy (non-hydrogen) atoms. The lowest BCUT2D eigenvalue weighted by atomic mass is 9.94. The summed E-state index contributed by atoms with van der Waals surface area (Å²) in [7, 11) is 1.65. The van der Waals surface area contributed by atoms with Crippen molar-refractivity contribution in [3.05, 3.63) is 58.2 Å². The maximum absolute atomic E-state index is 6.08. The molecule has 136 valence electrons. The molecule has 2 aromatic heterocycles. The van der Waals surface area contributed by atoms with Gasteiger partial charge in [0.1, 0.15) is 6.61 Å². The van der Waals surface area contributed by atoms with Gasteiger partial charge in [-0.2, -0.15) is 0 Å². The van der Waals surface area contributed by atoms with Crippen LogP contribution in [0.25, 0.3) is 33.1 Å². The summed E-state index contributed by atoms with van der Waals surface area (Å²) in [5.74, 6) is 1.44. The van der Waals surface area contributed by atoms with E-state index in [0.717, 1.165) is 48.8 Å². The van der Waals surface area contributed by atoms with E-state index in [1.807, 2.05) is 36.5 Å². The molecule has 1 aliphatic rings. The van der Waals surface area contributed by atoms with Gasteiger partial charge in [0.05, 0.1) is 35.6 Å². The van der Waals surface area contributed by atoms with Crippen LogP contribution in [0.1, 0.15) is 11.1 Å². The molecule has 0 bridgehead atoms. The Hall–Kier alpha value is -2.37. The first-order valence-electron chi connectivity index (χ1n) is 8.35. The van der Waals surface area contributed by atoms with Gasteiger partial charge in [0.2, 0.25) is 0 Å². The van der Waals surface area contributed by atoms with Crippen LogP contribution in [0.3, 0.4) is 0 Å². The van der Waals surface area contributed by atoms with E-state index in [2.05, 4.69) is 33.9 Å². The van der Waals surface area contributed by atoms with Crippen LogP contribution in [0.2, 0.25) is 0 Å². The highest BCUT2D eigenvalue weighted by atomic mass is 79.9. The molecular formula is C21H16BrClN2O2. The number of methoxy groups -OCH3 is 1. The van der Waals surface area contributed by atoms with Gasteiger partial charge < -0.3 is 9.47 Å². The van der Waals surface area contributed by atoms with Crippen LogP contribution in [-0.4, -0.2) is 17.1 Å². The Balaban J connectivity index is 0.00000180. The summed E-state index contributed by atoms with van der Waals surface area (Å²) in [6, 6.07) is 12.0. The SMILES string of the molecule is COc1ccc(Br)c2c1OCc1c-2nc2cnc3ccccc3c2c1C.Cl. The highest BCUT2D eigenvalue weighted by Crippen LogP contribution is 2.48. The van der Waals surface area contributed by atoms with Gasteiger partial charge in [0.25, 0.3) is 0 Å². The van der Waals surface area contributed by atoms with Crippen molar-refractivity contribution < 1.29 is 9.47 Å². The Kier molecular flexibility index (Phi) is 4.44. The smallest absolute Gasteiger partial charge is 0.172 e. The second kappa shape index (κ2) is 6.66. The van der Waals surface area contributed by atoms with E-state index in [1.54, 1.807) is 7.11 Å². The third-order valence-electron chi connectivity index (χ3n) is 4.99. The lowest BCUT2D eigenvalue weighted by Gasteiger charge is -2.25. The number of aromatic nitrogens is 2. The van der Waals surface area contributed by atoms with Crippen molar-refractivity contribution in [2.24, 2.45) is 0 Å². The van der Waals surface area contributed by atoms with Crippen molar-refractivity contribution in [1.29, 1.82) is 0 Å². The summed E-state index contributed by atoms with van der Waals surface area (Å²) in [6.07, 6.45) is 1.86. The Bertz CT molecular complexity index is 1210. The molecule has 0 aliphatic carbocycles. The van der Waals surface area contributed by atoms with Crippen LogP contribution in [-0.2, 0) is 6.61 Å². The topological polar surface area (TPSA) is 44.2 Å². The van der Waals surface area contributed by atoms with Crippen molar-refractivity contribution in [2.45, 2.75) is 13.5 Å². The molecule has 0 spiro atoms. The molecule has 0 atom stereocenters. The molecule has 3 heterocycles. The normalized spacial score (nSPS) is 12.1. The number of hydrogen-bond donors (Lipinski definition) is 0. The van der Waals surface area contributed by atoms with Crippen LogP contribution >= 0.6 is 28.3 Å². The van der Waals surface area contributed by atoms with Crippen molar-refractivity contribution >= 4 is 50.1 Å². The van der Waals surface area contributed by atoms with Crippen molar-refractivity contribution in [2.75, 3.05) is 7.11 Å². The van der Waals surface area contributed by atoms with Gasteiger partial charge in [0, 0.05) is 20.8 Å².